The van der Waals surface area contributed by atoms with Crippen LogP contribution < -0.4 is 16.0 Å². The number of carbonyl (C=O) groups is 12. The summed E-state index contributed by atoms with van der Waals surface area (Å²) in [4.78, 5) is 196. The Morgan fingerprint density at radius 3 is 1.85 bits per heavy atom. The van der Waals surface area contributed by atoms with Crippen LogP contribution in [-0.2, 0) is 76.7 Å². The topological polar surface area (TPSA) is 283 Å². The molecule has 3 heterocycles. The fourth-order valence-electron chi connectivity index (χ4n) is 15.7. The molecule has 2 aliphatic heterocycles. The van der Waals surface area contributed by atoms with Gasteiger partial charge in [-0.25, -0.2) is 0 Å². The Labute approximate surface area is 622 Å². The van der Waals surface area contributed by atoms with Crippen molar-refractivity contribution < 1.29 is 70.7 Å². The Balaban J connectivity index is 1.32. The average Bonchev–Trinajstić information content (AvgIpc) is 1.76. The molecule has 582 valence electrons. The lowest BCUT2D eigenvalue weighted by atomic mass is 9.81. The Kier molecular flexibility index (Phi) is 31.0. The van der Waals surface area contributed by atoms with Crippen LogP contribution in [0.25, 0.3) is 0 Å². The molecule has 12 amide bonds. The first-order chi connectivity index (χ1) is 49.7. The van der Waals surface area contributed by atoms with E-state index in [1.807, 2.05) is 20.8 Å². The van der Waals surface area contributed by atoms with Crippen molar-refractivity contribution in [2.75, 3.05) is 88.6 Å². The zero-order chi connectivity index (χ0) is 77.2. The van der Waals surface area contributed by atoms with Crippen molar-refractivity contribution in [1.82, 2.24) is 65.0 Å². The van der Waals surface area contributed by atoms with E-state index in [4.69, 9.17) is 11.6 Å². The van der Waals surface area contributed by atoms with Gasteiger partial charge in [0.25, 0.3) is 0 Å². The van der Waals surface area contributed by atoms with Gasteiger partial charge in [0.2, 0.25) is 70.9 Å². The number of pyridine rings is 1. The number of nitrogens with zero attached hydrogens (tertiary/aromatic N) is 10. The molecule has 0 radical (unpaired) electrons. The number of halogens is 4. The average molecular weight is 1490 g/mol. The lowest BCUT2D eigenvalue weighted by Gasteiger charge is -2.43. The van der Waals surface area contributed by atoms with Crippen LogP contribution in [-0.4, -0.2) is 250 Å². The van der Waals surface area contributed by atoms with Crippen molar-refractivity contribution in [3.63, 3.8) is 0 Å². The molecule has 2 aromatic rings. The molecule has 3 N–H and O–H groups in total. The van der Waals surface area contributed by atoms with Gasteiger partial charge in [-0.1, -0.05) is 122 Å². The molecule has 105 heavy (non-hydrogen) atoms. The molecule has 25 nitrogen and oxygen atoms in total. The molecule has 3 aliphatic carbocycles. The van der Waals surface area contributed by atoms with Crippen LogP contribution in [0.15, 0.2) is 42.7 Å². The quantitative estimate of drug-likeness (QED) is 0.185. The standard InChI is InChI=1S/C76H113ClF3N13O12/c1-12-50(4)66-72(103)87(7)47-64(97)85(5)48-65(98)89(9)59(41-51-25-16-13-17-26-51)70(101)86(6)45-61(94)82-57(33-31-52-30-32-55(56(77)40-52)76(78,79)80)69(100)93(44-53-27-24-36-81-43-53)46-62(95)84-75(34-20-21-35-75)74(105)91(11)67(54-28-18-14-19-29-54)73(104)90(10)60(71(102)92-37-22-15-23-38-92)42-63(96)88(8)58(39-49(2)3)68(99)83-66/h24,27,30,32,36,40,43,49-51,54,57-60,66-67H,12-23,25-26,28-29,31,33-35,37-39,41-42,44-48H2,1-11H3,(H,82,94)(H,83,99)(H,84,95)/t50-,57-,58-,59-,60-,66-,67-/m0/s1. The third kappa shape index (κ3) is 22.6. The van der Waals surface area contributed by atoms with E-state index in [1.165, 1.54) is 87.4 Å². The van der Waals surface area contributed by atoms with Crippen molar-refractivity contribution in [2.45, 2.75) is 230 Å². The van der Waals surface area contributed by atoms with Crippen molar-refractivity contribution in [3.05, 3.63) is 64.4 Å². The number of aromatic nitrogens is 1. The molecule has 1 aromatic carbocycles. The van der Waals surface area contributed by atoms with E-state index in [0.29, 0.717) is 63.6 Å². The number of amides is 12. The van der Waals surface area contributed by atoms with Crippen LogP contribution in [0.2, 0.25) is 5.02 Å². The number of alkyl halides is 3. The third-order valence-corrected chi connectivity index (χ3v) is 22.6. The second-order valence-corrected chi connectivity index (χ2v) is 31.0. The van der Waals surface area contributed by atoms with Gasteiger partial charge in [0.05, 0.1) is 43.2 Å². The number of carbonyl (C=O) groups excluding carboxylic acids is 12. The summed E-state index contributed by atoms with van der Waals surface area (Å²) in [5.74, 6) is -9.19. The van der Waals surface area contributed by atoms with Crippen molar-refractivity contribution in [3.8, 4) is 0 Å². The molecule has 7 rings (SSSR count). The molecule has 3 saturated carbocycles. The minimum absolute atomic E-state index is 0.00108. The summed E-state index contributed by atoms with van der Waals surface area (Å²) in [6.07, 6.45) is 9.06. The largest absolute Gasteiger partial charge is 0.417 e. The Hall–Kier alpha value is -7.91. The van der Waals surface area contributed by atoms with E-state index < -0.39 is 174 Å². The summed E-state index contributed by atoms with van der Waals surface area (Å²) < 4.78 is 41.9. The van der Waals surface area contributed by atoms with Crippen LogP contribution in [0.1, 0.15) is 186 Å². The molecule has 0 unspecified atom stereocenters. The smallest absolute Gasteiger partial charge is 0.343 e. The van der Waals surface area contributed by atoms with Crippen molar-refractivity contribution in [2.24, 2.45) is 23.7 Å². The Bertz CT molecular complexity index is 3380. The highest BCUT2D eigenvalue weighted by Gasteiger charge is 2.50. The van der Waals surface area contributed by atoms with E-state index in [-0.39, 0.29) is 62.5 Å². The molecule has 29 heteroatoms. The highest BCUT2D eigenvalue weighted by Crippen LogP contribution is 2.38. The predicted molar refractivity (Wildman–Crippen MR) is 389 cm³/mol. The van der Waals surface area contributed by atoms with E-state index in [0.717, 1.165) is 89.5 Å². The van der Waals surface area contributed by atoms with Crippen LogP contribution >= 0.6 is 11.6 Å². The summed E-state index contributed by atoms with van der Waals surface area (Å²) >= 11 is 6.20. The number of piperidine rings is 1. The highest BCUT2D eigenvalue weighted by molar-refractivity contribution is 6.31. The lowest BCUT2D eigenvalue weighted by Crippen LogP contribution is -2.64. The van der Waals surface area contributed by atoms with Gasteiger partial charge in [-0.2, -0.15) is 13.2 Å². The first kappa shape index (κ1) is 84.4. The Morgan fingerprint density at radius 2 is 1.25 bits per heavy atom. The van der Waals surface area contributed by atoms with Gasteiger partial charge in [-0.3, -0.25) is 62.5 Å². The first-order valence-electron chi connectivity index (χ1n) is 37.7. The van der Waals surface area contributed by atoms with Gasteiger partial charge in [0.1, 0.15) is 41.8 Å². The molecular formula is C76H113ClF3N13O12. The second kappa shape index (κ2) is 38.6. The minimum Gasteiger partial charge on any atom is -0.343 e. The molecular weight excluding hydrogens is 1380 g/mol. The van der Waals surface area contributed by atoms with Gasteiger partial charge in [0, 0.05) is 81.4 Å². The van der Waals surface area contributed by atoms with Gasteiger partial charge >= 0.3 is 6.18 Å². The summed E-state index contributed by atoms with van der Waals surface area (Å²) in [6.45, 7) is 5.33. The number of nitrogens with one attached hydrogen (secondary N) is 3. The second-order valence-electron chi connectivity index (χ2n) is 30.6. The molecule has 0 bridgehead atoms. The normalized spacial score (nSPS) is 25.0. The minimum atomic E-state index is -4.78. The molecule has 2 saturated heterocycles. The van der Waals surface area contributed by atoms with E-state index in [2.05, 4.69) is 20.9 Å². The van der Waals surface area contributed by atoms with Crippen LogP contribution in [0.5, 0.6) is 0 Å². The maximum absolute atomic E-state index is 15.9. The number of hydrogen-bond acceptors (Lipinski definition) is 13. The van der Waals surface area contributed by atoms with E-state index >= 15 is 28.8 Å². The predicted octanol–water partition coefficient (Wildman–Crippen LogP) is 6.86. The number of rotatable bonds is 13. The number of likely N-dealkylation sites (tertiary alicyclic amines) is 1. The molecule has 5 aliphatic rings. The summed E-state index contributed by atoms with van der Waals surface area (Å²) in [5.41, 5.74) is -2.01. The number of benzene rings is 1. The van der Waals surface area contributed by atoms with E-state index in [1.54, 1.807) is 24.0 Å². The van der Waals surface area contributed by atoms with Crippen molar-refractivity contribution in [1.29, 1.82) is 0 Å². The van der Waals surface area contributed by atoms with Gasteiger partial charge < -0.3 is 60.0 Å². The van der Waals surface area contributed by atoms with Crippen LogP contribution in [0.4, 0.5) is 13.2 Å². The zero-order valence-corrected chi connectivity index (χ0v) is 64.2. The van der Waals surface area contributed by atoms with E-state index in [9.17, 15) is 41.9 Å². The number of aryl methyl sites for hydroxylation is 1. The van der Waals surface area contributed by atoms with Gasteiger partial charge in [0.15, 0.2) is 0 Å². The molecule has 1 spiro atoms. The van der Waals surface area contributed by atoms with Gasteiger partial charge in [-0.15, -0.1) is 0 Å². The van der Waals surface area contributed by atoms with Gasteiger partial charge in [-0.05, 0) is 124 Å². The number of hydrogen-bond donors (Lipinski definition) is 3. The highest BCUT2D eigenvalue weighted by atomic mass is 35.5. The third-order valence-electron chi connectivity index (χ3n) is 22.3. The van der Waals surface area contributed by atoms with Crippen LogP contribution in [0.3, 0.4) is 0 Å². The summed E-state index contributed by atoms with van der Waals surface area (Å²) in [7, 11) is 9.96. The lowest BCUT2D eigenvalue weighted by molar-refractivity contribution is -0.157. The maximum atomic E-state index is 15.9. The zero-order valence-electron chi connectivity index (χ0n) is 63.4. The number of likely N-dealkylation sites (N-methyl/N-ethyl adjacent to an activating group) is 7. The fourth-order valence-corrected chi connectivity index (χ4v) is 16.0. The fraction of sp³-hybridized carbons (Fsp3) is 0.697. The Morgan fingerprint density at radius 1 is 0.638 bits per heavy atom. The van der Waals surface area contributed by atoms with Crippen molar-refractivity contribution >= 4 is 82.5 Å². The maximum Gasteiger partial charge on any atom is 0.417 e. The molecule has 5 fully saturated rings. The monoisotopic (exact) mass is 1490 g/mol. The molecule has 1 aromatic heterocycles. The SMILES string of the molecule is CC[C@H](C)[C@@H]1NC(=O)[C@H](CC(C)C)N(C)C(=O)C[C@@H](C(=O)N2CCCCC2)N(C)C(=O)[C@H](C2CCCCC2)N(C)C(=O)C2(CCCC2)NC(=O)CN(Cc2cccnc2)C(=O)[C@H](CCc2ccc(C(F)(F)F)c(Cl)c2)NC(=O)CN(C)C(=O)[C@H](CC2CCCCC2)N(C)C(=O)CN(C)C(=O)CN(C)C1=O. The summed E-state index contributed by atoms with van der Waals surface area (Å²) in [5, 5.41) is 8.09. The summed E-state index contributed by atoms with van der Waals surface area (Å²) in [6, 6.07) is -1.32. The molecule has 7 atom stereocenters. The van der Waals surface area contributed by atoms with Crippen LogP contribution in [0, 0.1) is 23.7 Å². The first-order valence-corrected chi connectivity index (χ1v) is 38.1.